The predicted octanol–water partition coefficient (Wildman–Crippen LogP) is 2.10. The molecule has 0 aromatic carbocycles. The molecule has 5 heteroatoms. The van der Waals surface area contributed by atoms with E-state index in [4.69, 9.17) is 9.47 Å². The summed E-state index contributed by atoms with van der Waals surface area (Å²) in [4.78, 5) is 8.27. The van der Waals surface area contributed by atoms with Crippen LogP contribution in [-0.4, -0.2) is 37.1 Å². The van der Waals surface area contributed by atoms with Crippen LogP contribution in [0.15, 0.2) is 0 Å². The summed E-state index contributed by atoms with van der Waals surface area (Å²) in [5.41, 5.74) is 1.15. The van der Waals surface area contributed by atoms with Gasteiger partial charge in [0.2, 0.25) is 0 Å². The maximum Gasteiger partial charge on any atom is 0.185 e. The van der Waals surface area contributed by atoms with Crippen molar-refractivity contribution in [2.24, 2.45) is 0 Å². The summed E-state index contributed by atoms with van der Waals surface area (Å²) in [5.74, 6) is -0.280. The number of ether oxygens (including phenoxy) is 2. The van der Waals surface area contributed by atoms with Crippen molar-refractivity contribution in [2.75, 3.05) is 31.2 Å². The summed E-state index contributed by atoms with van der Waals surface area (Å²) in [6, 6.07) is 0. The summed E-state index contributed by atoms with van der Waals surface area (Å²) in [5, 5.41) is 1.15. The van der Waals surface area contributed by atoms with Gasteiger partial charge in [0.25, 0.3) is 0 Å². The molecule has 1 aromatic rings. The number of nitrogens with zero attached hydrogens (tertiary/aromatic N) is 2. The predicted molar refractivity (Wildman–Crippen MR) is 67.7 cm³/mol. The van der Waals surface area contributed by atoms with E-state index >= 15 is 0 Å². The monoisotopic (exact) mass is 254 g/mol. The number of hydrogen-bond donors (Lipinski definition) is 0. The summed E-state index contributed by atoms with van der Waals surface area (Å²) in [6.07, 6.45) is 1.90. The smallest absolute Gasteiger partial charge is 0.185 e. The van der Waals surface area contributed by atoms with Crippen molar-refractivity contribution >= 4 is 16.5 Å². The van der Waals surface area contributed by atoms with Crippen molar-refractivity contribution in [1.29, 1.82) is 0 Å². The van der Waals surface area contributed by atoms with Crippen LogP contribution >= 0.6 is 11.3 Å². The van der Waals surface area contributed by atoms with Crippen LogP contribution in [0.25, 0.3) is 0 Å². The largest absolute Gasteiger partial charge is 0.348 e. The fourth-order valence-corrected chi connectivity index (χ4v) is 3.38. The second-order valence-corrected chi connectivity index (χ2v) is 5.91. The molecule has 1 spiro atoms. The molecule has 17 heavy (non-hydrogen) atoms. The quantitative estimate of drug-likeness (QED) is 0.768. The van der Waals surface area contributed by atoms with Gasteiger partial charge >= 0.3 is 0 Å². The molecule has 0 unspecified atom stereocenters. The normalized spacial score (nSPS) is 23.5. The lowest BCUT2D eigenvalue weighted by Gasteiger charge is -2.37. The zero-order valence-electron chi connectivity index (χ0n) is 10.4. The Balaban J connectivity index is 1.68. The van der Waals surface area contributed by atoms with Gasteiger partial charge in [-0.25, -0.2) is 4.98 Å². The first kappa shape index (κ1) is 11.4. The van der Waals surface area contributed by atoms with Crippen molar-refractivity contribution in [2.45, 2.75) is 32.5 Å². The zero-order chi connectivity index (χ0) is 11.9. The third-order valence-corrected chi connectivity index (χ3v) is 4.76. The molecule has 0 aliphatic carbocycles. The lowest BCUT2D eigenvalue weighted by atomic mass is 10.0. The topological polar surface area (TPSA) is 34.6 Å². The molecule has 4 nitrogen and oxygen atoms in total. The maximum atomic E-state index is 5.73. The van der Waals surface area contributed by atoms with E-state index in [1.165, 1.54) is 4.88 Å². The van der Waals surface area contributed by atoms with Gasteiger partial charge in [0, 0.05) is 30.8 Å². The number of rotatable bonds is 1. The fourth-order valence-electron chi connectivity index (χ4n) is 2.42. The molecule has 1 aromatic heterocycles. The Morgan fingerprint density at radius 3 is 2.35 bits per heavy atom. The molecule has 2 fully saturated rings. The third kappa shape index (κ3) is 2.07. The lowest BCUT2D eigenvalue weighted by Crippen LogP contribution is -2.45. The Kier molecular flexibility index (Phi) is 2.84. The number of anilines is 1. The first-order chi connectivity index (χ1) is 8.19. The first-order valence-corrected chi connectivity index (χ1v) is 6.97. The highest BCUT2D eigenvalue weighted by Gasteiger charge is 2.40. The molecule has 0 saturated carbocycles. The highest BCUT2D eigenvalue weighted by molar-refractivity contribution is 7.15. The van der Waals surface area contributed by atoms with Crippen LogP contribution in [0.4, 0.5) is 5.13 Å². The number of piperidine rings is 1. The van der Waals surface area contributed by atoms with E-state index in [0.717, 1.165) is 50.0 Å². The maximum absolute atomic E-state index is 5.73. The van der Waals surface area contributed by atoms with Crippen molar-refractivity contribution < 1.29 is 9.47 Å². The van der Waals surface area contributed by atoms with Gasteiger partial charge in [0.05, 0.1) is 18.9 Å². The van der Waals surface area contributed by atoms with Crippen LogP contribution in [0.1, 0.15) is 23.4 Å². The Morgan fingerprint density at radius 1 is 1.18 bits per heavy atom. The summed E-state index contributed by atoms with van der Waals surface area (Å²) < 4.78 is 11.5. The van der Waals surface area contributed by atoms with Crippen LogP contribution in [0.2, 0.25) is 0 Å². The van der Waals surface area contributed by atoms with Crippen LogP contribution in [0.5, 0.6) is 0 Å². The van der Waals surface area contributed by atoms with E-state index in [0.29, 0.717) is 0 Å². The van der Waals surface area contributed by atoms with Gasteiger partial charge < -0.3 is 14.4 Å². The van der Waals surface area contributed by atoms with Gasteiger partial charge in [-0.2, -0.15) is 0 Å². The van der Waals surface area contributed by atoms with Crippen LogP contribution in [-0.2, 0) is 9.47 Å². The Labute approximate surface area is 106 Å². The van der Waals surface area contributed by atoms with E-state index in [9.17, 15) is 0 Å². The Bertz CT molecular complexity index is 383. The minimum atomic E-state index is -0.280. The van der Waals surface area contributed by atoms with Gasteiger partial charge in [-0.05, 0) is 13.8 Å². The van der Waals surface area contributed by atoms with E-state index < -0.39 is 0 Å². The van der Waals surface area contributed by atoms with Crippen LogP contribution in [0.3, 0.4) is 0 Å². The van der Waals surface area contributed by atoms with Crippen LogP contribution in [0, 0.1) is 13.8 Å². The lowest BCUT2D eigenvalue weighted by molar-refractivity contribution is -0.169. The second kappa shape index (κ2) is 4.23. The minimum Gasteiger partial charge on any atom is -0.348 e. The molecule has 2 saturated heterocycles. The van der Waals surface area contributed by atoms with Crippen LogP contribution < -0.4 is 4.90 Å². The van der Waals surface area contributed by atoms with Gasteiger partial charge in [0.15, 0.2) is 10.9 Å². The molecule has 94 valence electrons. The SMILES string of the molecule is Cc1nc(N2CCC3(CC2)OCCO3)sc1C. The van der Waals surface area contributed by atoms with E-state index in [-0.39, 0.29) is 5.79 Å². The molecule has 3 heterocycles. The molecule has 2 aliphatic rings. The average Bonchev–Trinajstić information content (AvgIpc) is 2.90. The van der Waals surface area contributed by atoms with Gasteiger partial charge in [-0.3, -0.25) is 0 Å². The van der Waals surface area contributed by atoms with Gasteiger partial charge in [-0.1, -0.05) is 0 Å². The molecular weight excluding hydrogens is 236 g/mol. The molecule has 3 rings (SSSR count). The number of hydrogen-bond acceptors (Lipinski definition) is 5. The molecular formula is C12H18N2O2S. The van der Waals surface area contributed by atoms with Crippen molar-refractivity contribution in [3.8, 4) is 0 Å². The summed E-state index contributed by atoms with van der Waals surface area (Å²) in [6.45, 7) is 7.65. The zero-order valence-corrected chi connectivity index (χ0v) is 11.2. The average molecular weight is 254 g/mol. The molecule has 0 amide bonds. The van der Waals surface area contributed by atoms with Gasteiger partial charge in [0.1, 0.15) is 0 Å². The minimum absolute atomic E-state index is 0.280. The molecule has 0 N–H and O–H groups in total. The summed E-state index contributed by atoms with van der Waals surface area (Å²) in [7, 11) is 0. The fraction of sp³-hybridized carbons (Fsp3) is 0.750. The van der Waals surface area contributed by atoms with E-state index in [2.05, 4.69) is 23.7 Å². The Morgan fingerprint density at radius 2 is 1.82 bits per heavy atom. The molecule has 2 aliphatic heterocycles. The van der Waals surface area contributed by atoms with Crippen molar-refractivity contribution in [3.05, 3.63) is 10.6 Å². The highest BCUT2D eigenvalue weighted by Crippen LogP contribution is 2.34. The summed E-state index contributed by atoms with van der Waals surface area (Å²) >= 11 is 1.79. The standard InChI is InChI=1S/C12H18N2O2S/c1-9-10(2)17-11(13-9)14-5-3-12(4-6-14)15-7-8-16-12/h3-8H2,1-2H3. The van der Waals surface area contributed by atoms with Gasteiger partial charge in [-0.15, -0.1) is 11.3 Å². The van der Waals surface area contributed by atoms with E-state index in [1.54, 1.807) is 11.3 Å². The highest BCUT2D eigenvalue weighted by atomic mass is 32.1. The number of aromatic nitrogens is 1. The number of aryl methyl sites for hydroxylation is 2. The molecule has 0 bridgehead atoms. The third-order valence-electron chi connectivity index (χ3n) is 3.63. The molecule has 0 atom stereocenters. The Hall–Kier alpha value is -0.650. The second-order valence-electron chi connectivity index (χ2n) is 4.73. The van der Waals surface area contributed by atoms with Crippen molar-refractivity contribution in [3.63, 3.8) is 0 Å². The first-order valence-electron chi connectivity index (χ1n) is 6.15. The molecule has 0 radical (unpaired) electrons. The van der Waals surface area contributed by atoms with E-state index in [1.807, 2.05) is 0 Å². The number of thiazole rings is 1. The van der Waals surface area contributed by atoms with Crippen molar-refractivity contribution in [1.82, 2.24) is 4.98 Å².